The first-order valence-corrected chi connectivity index (χ1v) is 8.54. The summed E-state index contributed by atoms with van der Waals surface area (Å²) < 4.78 is 5.00. The lowest BCUT2D eigenvalue weighted by molar-refractivity contribution is -0.149. The highest BCUT2D eigenvalue weighted by atomic mass is 16.5. The van der Waals surface area contributed by atoms with Crippen LogP contribution in [0, 0.1) is 0 Å². The van der Waals surface area contributed by atoms with E-state index in [-0.39, 0.29) is 24.5 Å². The Morgan fingerprint density at radius 1 is 1.12 bits per heavy atom. The zero-order valence-electron chi connectivity index (χ0n) is 15.3. The number of fused-ring (bicyclic) bond motifs is 1. The molecule has 0 aliphatic rings. The molecule has 0 spiro atoms. The molecule has 0 heterocycles. The molecule has 5 nitrogen and oxygen atoms in total. The van der Waals surface area contributed by atoms with Gasteiger partial charge >= 0.3 is 5.97 Å². The number of benzene rings is 2. The smallest absolute Gasteiger partial charge is 0.325 e. The van der Waals surface area contributed by atoms with Crippen molar-refractivity contribution in [1.82, 2.24) is 10.6 Å². The average molecular weight is 342 g/mol. The molecule has 1 amide bonds. The fraction of sp³-hybridized carbons (Fsp3) is 0.400. The van der Waals surface area contributed by atoms with Gasteiger partial charge in [0.05, 0.1) is 19.2 Å². The van der Waals surface area contributed by atoms with Gasteiger partial charge in [0, 0.05) is 0 Å². The molecule has 134 valence electrons. The van der Waals surface area contributed by atoms with Crippen LogP contribution < -0.4 is 10.6 Å². The predicted octanol–water partition coefficient (Wildman–Crippen LogP) is 2.95. The van der Waals surface area contributed by atoms with Crippen LogP contribution in [0.15, 0.2) is 42.5 Å². The molecule has 2 N–H and O–H groups in total. The van der Waals surface area contributed by atoms with Gasteiger partial charge in [0.2, 0.25) is 5.91 Å². The number of hydrogen-bond donors (Lipinski definition) is 2. The maximum Gasteiger partial charge on any atom is 0.325 e. The molecule has 2 rings (SSSR count). The summed E-state index contributed by atoms with van der Waals surface area (Å²) in [5.41, 5.74) is 0.159. The number of carbonyl (C=O) groups is 2. The molecule has 0 radical (unpaired) electrons. The third-order valence-corrected chi connectivity index (χ3v) is 4.14. The van der Waals surface area contributed by atoms with Crippen molar-refractivity contribution in [3.63, 3.8) is 0 Å². The van der Waals surface area contributed by atoms with Crippen LogP contribution in [0.25, 0.3) is 10.8 Å². The van der Waals surface area contributed by atoms with Crippen molar-refractivity contribution in [3.05, 3.63) is 48.0 Å². The summed E-state index contributed by atoms with van der Waals surface area (Å²) in [6.45, 7) is 7.47. The zero-order valence-corrected chi connectivity index (χ0v) is 15.3. The Balaban J connectivity index is 1.99. The summed E-state index contributed by atoms with van der Waals surface area (Å²) >= 11 is 0. The van der Waals surface area contributed by atoms with E-state index in [1.165, 1.54) is 0 Å². The molecule has 0 fully saturated rings. The largest absolute Gasteiger partial charge is 0.465 e. The molecule has 0 bridgehead atoms. The standard InChI is InChI=1S/C20H26N2O3/c1-5-25-19(24)20(3,4)21-13-18(23)22-14(2)16-12-8-10-15-9-6-7-11-17(15)16/h6-12,14,21H,5,13H2,1-4H3,(H,22,23). The predicted molar refractivity (Wildman–Crippen MR) is 99.2 cm³/mol. The molecule has 0 aromatic heterocycles. The van der Waals surface area contributed by atoms with Crippen LogP contribution in [0.5, 0.6) is 0 Å². The number of rotatable bonds is 7. The van der Waals surface area contributed by atoms with Crippen LogP contribution in [0.3, 0.4) is 0 Å². The lowest BCUT2D eigenvalue weighted by Crippen LogP contribution is -2.51. The summed E-state index contributed by atoms with van der Waals surface area (Å²) in [4.78, 5) is 24.1. The molecule has 0 saturated carbocycles. The molecule has 2 aromatic carbocycles. The van der Waals surface area contributed by atoms with Crippen molar-refractivity contribution in [1.29, 1.82) is 0 Å². The lowest BCUT2D eigenvalue weighted by atomic mass is 9.99. The van der Waals surface area contributed by atoms with E-state index in [2.05, 4.69) is 28.8 Å². The first kappa shape index (κ1) is 18.9. The van der Waals surface area contributed by atoms with E-state index in [0.717, 1.165) is 16.3 Å². The number of esters is 1. The van der Waals surface area contributed by atoms with Crippen LogP contribution in [0.4, 0.5) is 0 Å². The SMILES string of the molecule is CCOC(=O)C(C)(C)NCC(=O)NC(C)c1cccc2ccccc12. The Morgan fingerprint density at radius 3 is 2.52 bits per heavy atom. The van der Waals surface area contributed by atoms with E-state index in [1.54, 1.807) is 20.8 Å². The summed E-state index contributed by atoms with van der Waals surface area (Å²) in [7, 11) is 0. The van der Waals surface area contributed by atoms with Gasteiger partial charge in [-0.05, 0) is 44.0 Å². The van der Waals surface area contributed by atoms with Crippen molar-refractivity contribution < 1.29 is 14.3 Å². The average Bonchev–Trinajstić information content (AvgIpc) is 2.59. The Kier molecular flexibility index (Phi) is 6.15. The highest BCUT2D eigenvalue weighted by Crippen LogP contribution is 2.23. The van der Waals surface area contributed by atoms with Crippen molar-refractivity contribution in [2.75, 3.05) is 13.2 Å². The summed E-state index contributed by atoms with van der Waals surface area (Å²) in [6, 6.07) is 14.0. The van der Waals surface area contributed by atoms with Gasteiger partial charge in [-0.1, -0.05) is 42.5 Å². The Bertz CT molecular complexity index is 750. The number of ether oxygens (including phenoxy) is 1. The Morgan fingerprint density at radius 2 is 1.80 bits per heavy atom. The highest BCUT2D eigenvalue weighted by molar-refractivity contribution is 5.87. The van der Waals surface area contributed by atoms with Crippen molar-refractivity contribution >= 4 is 22.6 Å². The summed E-state index contributed by atoms with van der Waals surface area (Å²) in [5.74, 6) is -0.539. The number of hydrogen-bond acceptors (Lipinski definition) is 4. The molecule has 0 saturated heterocycles. The molecule has 1 unspecified atom stereocenters. The minimum absolute atomic E-state index is 0.0426. The number of amides is 1. The van der Waals surface area contributed by atoms with Crippen LogP contribution in [-0.4, -0.2) is 30.6 Å². The Hall–Kier alpha value is -2.40. The van der Waals surface area contributed by atoms with Crippen molar-refractivity contribution in [2.45, 2.75) is 39.3 Å². The van der Waals surface area contributed by atoms with Crippen molar-refractivity contribution in [2.24, 2.45) is 0 Å². The maximum absolute atomic E-state index is 12.3. The van der Waals surface area contributed by atoms with Gasteiger partial charge in [-0.15, -0.1) is 0 Å². The third-order valence-electron chi connectivity index (χ3n) is 4.14. The number of nitrogens with one attached hydrogen (secondary N) is 2. The minimum Gasteiger partial charge on any atom is -0.465 e. The fourth-order valence-corrected chi connectivity index (χ4v) is 2.68. The quantitative estimate of drug-likeness (QED) is 0.759. The maximum atomic E-state index is 12.3. The Labute approximate surface area is 148 Å². The molecule has 0 aliphatic carbocycles. The van der Waals surface area contributed by atoms with E-state index in [4.69, 9.17) is 4.74 Å². The zero-order chi connectivity index (χ0) is 18.4. The van der Waals surface area contributed by atoms with E-state index in [1.807, 2.05) is 31.2 Å². The second-order valence-electron chi connectivity index (χ2n) is 6.56. The van der Waals surface area contributed by atoms with E-state index >= 15 is 0 Å². The molecule has 0 aliphatic heterocycles. The minimum atomic E-state index is -0.907. The van der Waals surface area contributed by atoms with Crippen molar-refractivity contribution in [3.8, 4) is 0 Å². The van der Waals surface area contributed by atoms with E-state index < -0.39 is 5.54 Å². The second-order valence-corrected chi connectivity index (χ2v) is 6.56. The van der Waals surface area contributed by atoms with Crippen LogP contribution >= 0.6 is 0 Å². The van der Waals surface area contributed by atoms with E-state index in [9.17, 15) is 9.59 Å². The fourth-order valence-electron chi connectivity index (χ4n) is 2.68. The first-order chi connectivity index (χ1) is 11.8. The van der Waals surface area contributed by atoms with Crippen LogP contribution in [0.2, 0.25) is 0 Å². The topological polar surface area (TPSA) is 67.4 Å². The van der Waals surface area contributed by atoms with Crippen LogP contribution in [0.1, 0.15) is 39.3 Å². The lowest BCUT2D eigenvalue weighted by Gasteiger charge is -2.24. The summed E-state index contributed by atoms with van der Waals surface area (Å²) in [6.07, 6.45) is 0. The normalized spacial score (nSPS) is 12.6. The first-order valence-electron chi connectivity index (χ1n) is 8.54. The number of carbonyl (C=O) groups excluding carboxylic acids is 2. The monoisotopic (exact) mass is 342 g/mol. The van der Waals surface area contributed by atoms with Gasteiger partial charge in [-0.25, -0.2) is 0 Å². The van der Waals surface area contributed by atoms with Gasteiger partial charge in [0.15, 0.2) is 0 Å². The van der Waals surface area contributed by atoms with Gasteiger partial charge in [-0.2, -0.15) is 0 Å². The molecular formula is C20H26N2O3. The molecule has 1 atom stereocenters. The second kappa shape index (κ2) is 8.12. The molecular weight excluding hydrogens is 316 g/mol. The third kappa shape index (κ3) is 4.79. The summed E-state index contributed by atoms with van der Waals surface area (Å²) in [5, 5.41) is 8.19. The van der Waals surface area contributed by atoms with E-state index in [0.29, 0.717) is 6.61 Å². The van der Waals surface area contributed by atoms with Crippen LogP contribution in [-0.2, 0) is 14.3 Å². The van der Waals surface area contributed by atoms with Gasteiger partial charge in [-0.3, -0.25) is 14.9 Å². The molecule has 5 heteroatoms. The molecule has 25 heavy (non-hydrogen) atoms. The van der Waals surface area contributed by atoms with Gasteiger partial charge < -0.3 is 10.1 Å². The molecule has 2 aromatic rings. The van der Waals surface area contributed by atoms with Gasteiger partial charge in [0.1, 0.15) is 5.54 Å². The van der Waals surface area contributed by atoms with Gasteiger partial charge in [0.25, 0.3) is 0 Å². The highest BCUT2D eigenvalue weighted by Gasteiger charge is 2.29.